The zero-order valence-corrected chi connectivity index (χ0v) is 12.6. The first-order chi connectivity index (χ1) is 8.98. The van der Waals surface area contributed by atoms with E-state index in [2.05, 4.69) is 9.71 Å². The molecule has 0 amide bonds. The van der Waals surface area contributed by atoms with Crippen molar-refractivity contribution in [2.45, 2.75) is 37.1 Å². The Bertz CT molecular complexity index is 599. The molecule has 0 unspecified atom stereocenters. The van der Waals surface area contributed by atoms with Crippen LogP contribution in [0.4, 0.5) is 0 Å². The van der Waals surface area contributed by atoms with Crippen LogP contribution in [0.3, 0.4) is 0 Å². The molecule has 0 aromatic heterocycles. The van der Waals surface area contributed by atoms with Gasteiger partial charge >= 0.3 is 0 Å². The summed E-state index contributed by atoms with van der Waals surface area (Å²) in [4.78, 5) is 4.88. The van der Waals surface area contributed by atoms with Crippen LogP contribution in [0.25, 0.3) is 0 Å². The normalized spacial score (nSPS) is 19.2. The van der Waals surface area contributed by atoms with Crippen molar-refractivity contribution in [2.24, 2.45) is 4.99 Å². The van der Waals surface area contributed by atoms with Crippen molar-refractivity contribution in [2.75, 3.05) is 5.88 Å². The van der Waals surface area contributed by atoms with Crippen LogP contribution in [-0.4, -0.2) is 25.7 Å². The summed E-state index contributed by atoms with van der Waals surface area (Å²) in [7, 11) is -3.48. The fourth-order valence-corrected chi connectivity index (χ4v) is 3.75. The standard InChI is InChI=1S/C13H17ClN2O2S/c1-3-13(4-2,9-14)15-12-10-7-5-6-8-11(10)19(17,18)16-12/h5-8H,3-4,9H2,1-2H3,(H,15,16). The third-order valence-electron chi connectivity index (χ3n) is 3.58. The van der Waals surface area contributed by atoms with Crippen LogP contribution in [0.5, 0.6) is 0 Å². The minimum atomic E-state index is -3.48. The third-order valence-corrected chi connectivity index (χ3v) is 5.47. The van der Waals surface area contributed by atoms with E-state index in [4.69, 9.17) is 11.6 Å². The number of nitrogens with one attached hydrogen (secondary N) is 1. The highest BCUT2D eigenvalue weighted by atomic mass is 35.5. The first-order valence-corrected chi connectivity index (χ1v) is 8.28. The number of fused-ring (bicyclic) bond motifs is 1. The zero-order chi connectivity index (χ0) is 14.1. The van der Waals surface area contributed by atoms with Gasteiger partial charge in [0.2, 0.25) is 0 Å². The first kappa shape index (κ1) is 14.3. The van der Waals surface area contributed by atoms with Crippen LogP contribution in [-0.2, 0) is 10.0 Å². The third kappa shape index (κ3) is 2.49. The van der Waals surface area contributed by atoms with Crippen molar-refractivity contribution < 1.29 is 8.42 Å². The number of alkyl halides is 1. The van der Waals surface area contributed by atoms with Crippen molar-refractivity contribution in [3.05, 3.63) is 29.8 Å². The van der Waals surface area contributed by atoms with Gasteiger partial charge in [0, 0.05) is 11.4 Å². The molecule has 19 heavy (non-hydrogen) atoms. The molecule has 1 aromatic rings. The van der Waals surface area contributed by atoms with Gasteiger partial charge in [-0.05, 0) is 25.0 Å². The van der Waals surface area contributed by atoms with E-state index < -0.39 is 15.6 Å². The minimum absolute atomic E-state index is 0.282. The maximum Gasteiger partial charge on any atom is 0.263 e. The molecule has 0 atom stereocenters. The molecule has 0 bridgehead atoms. The maximum atomic E-state index is 12.0. The maximum absolute atomic E-state index is 12.0. The molecule has 0 fully saturated rings. The lowest BCUT2D eigenvalue weighted by Gasteiger charge is -2.25. The van der Waals surface area contributed by atoms with E-state index in [-0.39, 0.29) is 4.90 Å². The van der Waals surface area contributed by atoms with Gasteiger partial charge in [0.25, 0.3) is 10.0 Å². The summed E-state index contributed by atoms with van der Waals surface area (Å²) in [6.07, 6.45) is 1.53. The smallest absolute Gasteiger partial charge is 0.263 e. The Kier molecular flexibility index (Phi) is 3.87. The van der Waals surface area contributed by atoms with Gasteiger partial charge in [-0.2, -0.15) is 0 Å². The monoisotopic (exact) mass is 300 g/mol. The van der Waals surface area contributed by atoms with Gasteiger partial charge in [0.05, 0.1) is 10.4 Å². The average Bonchev–Trinajstić information content (AvgIpc) is 2.68. The highest BCUT2D eigenvalue weighted by Crippen LogP contribution is 2.27. The Morgan fingerprint density at radius 1 is 1.26 bits per heavy atom. The molecular weight excluding hydrogens is 284 g/mol. The molecule has 1 aromatic carbocycles. The van der Waals surface area contributed by atoms with Crippen molar-refractivity contribution in [1.82, 2.24) is 4.72 Å². The van der Waals surface area contributed by atoms with E-state index in [0.717, 1.165) is 12.8 Å². The molecule has 0 spiro atoms. The predicted octanol–water partition coefficient (Wildman–Crippen LogP) is 2.52. The predicted molar refractivity (Wildman–Crippen MR) is 77.3 cm³/mol. The van der Waals surface area contributed by atoms with E-state index >= 15 is 0 Å². The summed E-state index contributed by atoms with van der Waals surface area (Å²) in [5.74, 6) is 0.771. The fourth-order valence-electron chi connectivity index (χ4n) is 2.08. The zero-order valence-electron chi connectivity index (χ0n) is 11.0. The number of rotatable bonds is 4. The van der Waals surface area contributed by atoms with E-state index in [1.807, 2.05) is 13.8 Å². The summed E-state index contributed by atoms with van der Waals surface area (Å²) in [6.45, 7) is 4.01. The van der Waals surface area contributed by atoms with Crippen LogP contribution in [0.15, 0.2) is 34.2 Å². The van der Waals surface area contributed by atoms with E-state index in [1.54, 1.807) is 24.3 Å². The van der Waals surface area contributed by atoms with Gasteiger partial charge < -0.3 is 0 Å². The number of halogens is 1. The average molecular weight is 301 g/mol. The molecule has 104 valence electrons. The molecule has 2 rings (SSSR count). The highest BCUT2D eigenvalue weighted by Gasteiger charge is 2.33. The molecular formula is C13H17ClN2O2S. The van der Waals surface area contributed by atoms with Gasteiger partial charge in [-0.1, -0.05) is 26.0 Å². The molecule has 6 heteroatoms. The van der Waals surface area contributed by atoms with E-state index in [1.165, 1.54) is 0 Å². The van der Waals surface area contributed by atoms with Crippen molar-refractivity contribution >= 4 is 27.5 Å². The molecule has 0 aliphatic carbocycles. The highest BCUT2D eigenvalue weighted by molar-refractivity contribution is 7.90. The number of hydrogen-bond acceptors (Lipinski definition) is 3. The van der Waals surface area contributed by atoms with Gasteiger partial charge in [0.1, 0.15) is 5.84 Å². The van der Waals surface area contributed by atoms with Crippen LogP contribution in [0.2, 0.25) is 0 Å². The minimum Gasteiger partial charge on any atom is -0.263 e. The van der Waals surface area contributed by atoms with Crippen molar-refractivity contribution in [3.63, 3.8) is 0 Å². The lowest BCUT2D eigenvalue weighted by molar-refractivity contribution is 0.446. The first-order valence-electron chi connectivity index (χ1n) is 6.26. The van der Waals surface area contributed by atoms with Crippen LogP contribution >= 0.6 is 11.6 Å². The Labute approximate surface area is 118 Å². The number of sulfonamides is 1. The molecule has 1 aliphatic heterocycles. The Balaban J connectivity index is 2.55. The fraction of sp³-hybridized carbons (Fsp3) is 0.462. The van der Waals surface area contributed by atoms with Crippen LogP contribution in [0.1, 0.15) is 32.3 Å². The summed E-state index contributed by atoms with van der Waals surface area (Å²) in [5, 5.41) is 0. The quantitative estimate of drug-likeness (QED) is 0.869. The van der Waals surface area contributed by atoms with Crippen molar-refractivity contribution in [3.8, 4) is 0 Å². The molecule has 1 N–H and O–H groups in total. The SMILES string of the molecule is CCC(CC)(CCl)N=C1NS(=O)(=O)c2ccccc21. The van der Waals surface area contributed by atoms with Gasteiger partial charge in [-0.15, -0.1) is 11.6 Å². The summed E-state index contributed by atoms with van der Waals surface area (Å²) in [5.41, 5.74) is 0.204. The number of hydrogen-bond donors (Lipinski definition) is 1. The molecule has 1 aliphatic rings. The summed E-state index contributed by atoms with van der Waals surface area (Å²) >= 11 is 6.02. The Morgan fingerprint density at radius 2 is 1.89 bits per heavy atom. The van der Waals surface area contributed by atoms with Crippen molar-refractivity contribution in [1.29, 1.82) is 0 Å². The molecule has 0 radical (unpaired) electrons. The van der Waals surface area contributed by atoms with E-state index in [9.17, 15) is 8.42 Å². The number of benzene rings is 1. The number of nitrogens with zero attached hydrogens (tertiary/aromatic N) is 1. The van der Waals surface area contributed by atoms with Gasteiger partial charge in [-0.25, -0.2) is 8.42 Å². The second-order valence-corrected chi connectivity index (χ2v) is 6.55. The van der Waals surface area contributed by atoms with Crippen LogP contribution < -0.4 is 4.72 Å². The Morgan fingerprint density at radius 3 is 2.47 bits per heavy atom. The molecule has 4 nitrogen and oxygen atoms in total. The largest absolute Gasteiger partial charge is 0.263 e. The lowest BCUT2D eigenvalue weighted by Crippen LogP contribution is -2.32. The van der Waals surface area contributed by atoms with Gasteiger partial charge in [0.15, 0.2) is 0 Å². The molecule has 1 heterocycles. The molecule has 0 saturated heterocycles. The number of aliphatic imine (C=N–C) groups is 1. The lowest BCUT2D eigenvalue weighted by atomic mass is 9.96. The second-order valence-electron chi connectivity index (χ2n) is 4.63. The Hall–Kier alpha value is -1.07. The summed E-state index contributed by atoms with van der Waals surface area (Å²) in [6, 6.07) is 6.85. The molecule has 0 saturated carbocycles. The second kappa shape index (κ2) is 5.13. The number of amidine groups is 1. The van der Waals surface area contributed by atoms with Gasteiger partial charge in [-0.3, -0.25) is 9.71 Å². The van der Waals surface area contributed by atoms with Crippen LogP contribution in [0, 0.1) is 0 Å². The van der Waals surface area contributed by atoms with E-state index in [0.29, 0.717) is 17.3 Å². The summed E-state index contributed by atoms with van der Waals surface area (Å²) < 4.78 is 26.5. The topological polar surface area (TPSA) is 58.5 Å².